The zero-order valence-electron chi connectivity index (χ0n) is 16.6. The summed E-state index contributed by atoms with van der Waals surface area (Å²) >= 11 is 0. The summed E-state index contributed by atoms with van der Waals surface area (Å²) in [7, 11) is 3.00. The number of ether oxygens (including phenoxy) is 2. The van der Waals surface area contributed by atoms with Crippen molar-refractivity contribution in [3.63, 3.8) is 0 Å². The molecule has 0 radical (unpaired) electrons. The fourth-order valence-corrected chi connectivity index (χ4v) is 3.33. The van der Waals surface area contributed by atoms with Crippen LogP contribution in [0.4, 0.5) is 26.1 Å². The van der Waals surface area contributed by atoms with Crippen LogP contribution in [-0.2, 0) is 0 Å². The maximum atomic E-state index is 13.9. The number of carbonyl (C=O) groups excluding carboxylic acids is 1. The first-order valence-electron chi connectivity index (χ1n) is 9.31. The number of aromatic nitrogens is 2. The molecule has 0 unspecified atom stereocenters. The van der Waals surface area contributed by atoms with Gasteiger partial charge in [-0.1, -0.05) is 0 Å². The maximum Gasteiger partial charge on any atom is 0.271 e. The SMILES string of the molecule is COc1ccc(Nc2nc(N[C@@H]3CCCC(F)(F)[C@@H]3N)cnc2C(N)=O)cc1OC. The lowest BCUT2D eigenvalue weighted by atomic mass is 9.87. The summed E-state index contributed by atoms with van der Waals surface area (Å²) in [6, 6.07) is 2.96. The summed E-state index contributed by atoms with van der Waals surface area (Å²) in [4.78, 5) is 20.1. The van der Waals surface area contributed by atoms with E-state index in [-0.39, 0.29) is 23.8 Å². The minimum Gasteiger partial charge on any atom is -0.493 e. The fourth-order valence-electron chi connectivity index (χ4n) is 3.33. The standard InChI is InChI=1S/C19H24F2N6O3/c1-29-12-6-5-10(8-13(12)30-2)25-18-15(17(23)28)24-9-14(27-18)26-11-4-3-7-19(20,21)16(11)22/h5-6,8-9,11,16H,3-4,7,22H2,1-2H3,(H2,23,28)(H2,25,26,27)/t11-,16-/m1/s1. The molecule has 0 spiro atoms. The number of nitrogens with zero attached hydrogens (tertiary/aromatic N) is 2. The van der Waals surface area contributed by atoms with Crippen LogP contribution in [0.3, 0.4) is 0 Å². The second-order valence-corrected chi connectivity index (χ2v) is 6.94. The van der Waals surface area contributed by atoms with E-state index in [1.165, 1.54) is 20.4 Å². The van der Waals surface area contributed by atoms with E-state index in [2.05, 4.69) is 20.6 Å². The number of alkyl halides is 2. The number of hydrogen-bond donors (Lipinski definition) is 4. The molecule has 11 heteroatoms. The highest BCUT2D eigenvalue weighted by Gasteiger charge is 2.44. The molecule has 9 nitrogen and oxygen atoms in total. The van der Waals surface area contributed by atoms with E-state index in [0.717, 1.165) is 0 Å². The minimum atomic E-state index is -2.96. The van der Waals surface area contributed by atoms with Crippen LogP contribution in [0.5, 0.6) is 11.5 Å². The molecule has 6 N–H and O–H groups in total. The molecule has 1 amide bonds. The van der Waals surface area contributed by atoms with Gasteiger partial charge in [-0.15, -0.1) is 0 Å². The van der Waals surface area contributed by atoms with Crippen LogP contribution in [0, 0.1) is 0 Å². The molecule has 1 heterocycles. The Hall–Kier alpha value is -3.21. The molecule has 3 rings (SSSR count). The van der Waals surface area contributed by atoms with E-state index in [0.29, 0.717) is 30.0 Å². The number of halogens is 2. The van der Waals surface area contributed by atoms with Gasteiger partial charge >= 0.3 is 0 Å². The Balaban J connectivity index is 1.87. The highest BCUT2D eigenvalue weighted by molar-refractivity contribution is 5.96. The van der Waals surface area contributed by atoms with Crippen molar-refractivity contribution in [3.8, 4) is 11.5 Å². The van der Waals surface area contributed by atoms with Crippen LogP contribution in [-0.4, -0.2) is 48.1 Å². The third-order valence-corrected chi connectivity index (χ3v) is 4.93. The summed E-state index contributed by atoms with van der Waals surface area (Å²) < 4.78 is 38.3. The average molecular weight is 422 g/mol. The summed E-state index contributed by atoms with van der Waals surface area (Å²) in [5.41, 5.74) is 11.6. The van der Waals surface area contributed by atoms with Gasteiger partial charge in [0.1, 0.15) is 5.82 Å². The van der Waals surface area contributed by atoms with E-state index in [9.17, 15) is 13.6 Å². The predicted octanol–water partition coefficient (Wildman–Crippen LogP) is 2.26. The topological polar surface area (TPSA) is 137 Å². The van der Waals surface area contributed by atoms with E-state index >= 15 is 0 Å². The number of nitrogens with one attached hydrogen (secondary N) is 2. The largest absolute Gasteiger partial charge is 0.493 e. The summed E-state index contributed by atoms with van der Waals surface area (Å²) in [6.07, 6.45) is 1.82. The second-order valence-electron chi connectivity index (χ2n) is 6.94. The highest BCUT2D eigenvalue weighted by Crippen LogP contribution is 2.34. The molecule has 1 aliphatic carbocycles. The molecule has 1 saturated carbocycles. The van der Waals surface area contributed by atoms with Crippen molar-refractivity contribution >= 4 is 23.2 Å². The van der Waals surface area contributed by atoms with Crippen LogP contribution in [0.1, 0.15) is 29.8 Å². The van der Waals surface area contributed by atoms with Crippen LogP contribution in [0.15, 0.2) is 24.4 Å². The van der Waals surface area contributed by atoms with E-state index in [1.54, 1.807) is 18.2 Å². The van der Waals surface area contributed by atoms with Crippen LogP contribution >= 0.6 is 0 Å². The number of benzene rings is 1. The van der Waals surface area contributed by atoms with Gasteiger partial charge in [-0.2, -0.15) is 0 Å². The number of hydrogen-bond acceptors (Lipinski definition) is 8. The van der Waals surface area contributed by atoms with Gasteiger partial charge in [0.05, 0.1) is 26.5 Å². The van der Waals surface area contributed by atoms with E-state index in [1.807, 2.05) is 0 Å². The second kappa shape index (κ2) is 8.66. The first kappa shape index (κ1) is 21.5. The molecule has 2 atom stereocenters. The Bertz CT molecular complexity index is 927. The van der Waals surface area contributed by atoms with Gasteiger partial charge in [-0.25, -0.2) is 18.7 Å². The Kier molecular flexibility index (Phi) is 6.20. The monoisotopic (exact) mass is 422 g/mol. The highest BCUT2D eigenvalue weighted by atomic mass is 19.3. The van der Waals surface area contributed by atoms with Crippen molar-refractivity contribution in [2.24, 2.45) is 11.5 Å². The van der Waals surface area contributed by atoms with Crippen molar-refractivity contribution in [3.05, 3.63) is 30.1 Å². The normalized spacial score (nSPS) is 20.3. The Morgan fingerprint density at radius 2 is 2.00 bits per heavy atom. The van der Waals surface area contributed by atoms with Gasteiger partial charge in [0.2, 0.25) is 0 Å². The third kappa shape index (κ3) is 4.51. The maximum absolute atomic E-state index is 13.9. The molecular weight excluding hydrogens is 398 g/mol. The average Bonchev–Trinajstić information content (AvgIpc) is 2.71. The molecule has 1 aromatic carbocycles. The number of amides is 1. The lowest BCUT2D eigenvalue weighted by Crippen LogP contribution is -2.55. The van der Waals surface area contributed by atoms with E-state index < -0.39 is 23.9 Å². The Labute approximate surface area is 172 Å². The van der Waals surface area contributed by atoms with Gasteiger partial charge in [0.15, 0.2) is 23.0 Å². The number of nitrogens with two attached hydrogens (primary N) is 2. The molecule has 162 valence electrons. The quantitative estimate of drug-likeness (QED) is 0.533. The Morgan fingerprint density at radius 3 is 2.67 bits per heavy atom. The van der Waals surface area contributed by atoms with Gasteiger partial charge in [-0.05, 0) is 25.0 Å². The minimum absolute atomic E-state index is 0.0656. The molecule has 2 aromatic rings. The van der Waals surface area contributed by atoms with Gasteiger partial charge < -0.3 is 31.6 Å². The van der Waals surface area contributed by atoms with Crippen LogP contribution in [0.25, 0.3) is 0 Å². The molecule has 0 aliphatic heterocycles. The molecular formula is C19H24F2N6O3. The molecule has 1 aliphatic rings. The number of rotatable bonds is 7. The zero-order valence-corrected chi connectivity index (χ0v) is 16.6. The van der Waals surface area contributed by atoms with Crippen molar-refractivity contribution in [1.82, 2.24) is 9.97 Å². The fraction of sp³-hybridized carbons (Fsp3) is 0.421. The van der Waals surface area contributed by atoms with E-state index in [4.69, 9.17) is 20.9 Å². The summed E-state index contributed by atoms with van der Waals surface area (Å²) in [5.74, 6) is -2.51. The Morgan fingerprint density at radius 1 is 1.27 bits per heavy atom. The number of methoxy groups -OCH3 is 2. The third-order valence-electron chi connectivity index (χ3n) is 4.93. The van der Waals surface area contributed by atoms with Crippen LogP contribution < -0.4 is 31.6 Å². The number of primary amides is 1. The van der Waals surface area contributed by atoms with Crippen molar-refractivity contribution in [1.29, 1.82) is 0 Å². The van der Waals surface area contributed by atoms with Crippen molar-refractivity contribution in [2.45, 2.75) is 37.3 Å². The van der Waals surface area contributed by atoms with Gasteiger partial charge in [-0.3, -0.25) is 4.79 Å². The summed E-state index contributed by atoms with van der Waals surface area (Å²) in [6.45, 7) is 0. The molecule has 0 saturated heterocycles. The zero-order chi connectivity index (χ0) is 21.9. The van der Waals surface area contributed by atoms with Crippen molar-refractivity contribution < 1.29 is 23.0 Å². The van der Waals surface area contributed by atoms with Crippen LogP contribution in [0.2, 0.25) is 0 Å². The predicted molar refractivity (Wildman–Crippen MR) is 108 cm³/mol. The smallest absolute Gasteiger partial charge is 0.271 e. The molecule has 1 aromatic heterocycles. The molecule has 0 bridgehead atoms. The summed E-state index contributed by atoms with van der Waals surface area (Å²) in [5, 5.41) is 5.86. The lowest BCUT2D eigenvalue weighted by molar-refractivity contribution is -0.0554. The van der Waals surface area contributed by atoms with Crippen molar-refractivity contribution in [2.75, 3.05) is 24.9 Å². The lowest BCUT2D eigenvalue weighted by Gasteiger charge is -2.36. The van der Waals surface area contributed by atoms with Gasteiger partial charge in [0.25, 0.3) is 11.8 Å². The first-order chi connectivity index (χ1) is 14.2. The first-order valence-corrected chi connectivity index (χ1v) is 9.31. The molecule has 30 heavy (non-hydrogen) atoms. The molecule has 1 fully saturated rings. The van der Waals surface area contributed by atoms with Gasteiger partial charge in [0, 0.05) is 24.2 Å². The number of carbonyl (C=O) groups is 1. The number of anilines is 3.